The highest BCUT2D eigenvalue weighted by Crippen LogP contribution is 2.39. The molecule has 1 amide bonds. The number of carboxylic acid groups (broad SMARTS) is 1. The van der Waals surface area contributed by atoms with Crippen molar-refractivity contribution in [2.75, 3.05) is 46.2 Å². The summed E-state index contributed by atoms with van der Waals surface area (Å²) in [6, 6.07) is 17.8. The number of para-hydroxylation sites is 1. The third-order valence-corrected chi connectivity index (χ3v) is 7.10. The first kappa shape index (κ1) is 30.9. The number of nitrogens with zero attached hydrogens (tertiary/aromatic N) is 5. The molecule has 13 heteroatoms. The molecule has 3 heterocycles. The predicted octanol–water partition coefficient (Wildman–Crippen LogP) is 5.46. The molecule has 1 aromatic heterocycles. The van der Waals surface area contributed by atoms with Gasteiger partial charge in [0.25, 0.3) is 0 Å². The van der Waals surface area contributed by atoms with Gasteiger partial charge in [0.1, 0.15) is 18.1 Å². The molecular weight excluding hydrogens is 573 g/mol. The van der Waals surface area contributed by atoms with Crippen molar-refractivity contribution in [3.63, 3.8) is 0 Å². The Kier molecular flexibility index (Phi) is 9.77. The van der Waals surface area contributed by atoms with Gasteiger partial charge < -0.3 is 20.2 Å². The molecule has 9 nitrogen and oxygen atoms in total. The maximum absolute atomic E-state index is 13.7. The Morgan fingerprint density at radius 3 is 2.19 bits per heavy atom. The van der Waals surface area contributed by atoms with Crippen LogP contribution in [0.15, 0.2) is 60.9 Å². The van der Waals surface area contributed by atoms with E-state index >= 15 is 0 Å². The Morgan fingerprint density at radius 1 is 1.02 bits per heavy atom. The molecule has 2 aliphatic rings. The number of benzene rings is 2. The second kappa shape index (κ2) is 13.3. The normalized spacial score (nSPS) is 16.9. The summed E-state index contributed by atoms with van der Waals surface area (Å²) in [5.41, 5.74) is 3.01. The number of aliphatic carboxylic acids is 1. The largest absolute Gasteiger partial charge is 0.490 e. The summed E-state index contributed by atoms with van der Waals surface area (Å²) >= 11 is 6.11. The van der Waals surface area contributed by atoms with Crippen molar-refractivity contribution in [1.29, 1.82) is 0 Å². The highest BCUT2D eigenvalue weighted by molar-refractivity contribution is 6.30. The van der Waals surface area contributed by atoms with E-state index in [-0.39, 0.29) is 11.9 Å². The van der Waals surface area contributed by atoms with Gasteiger partial charge in [-0.15, -0.1) is 0 Å². The van der Waals surface area contributed by atoms with E-state index in [4.69, 9.17) is 21.5 Å². The number of alkyl halides is 3. The Hall–Kier alpha value is -4.06. The number of carbonyl (C=O) groups excluding carboxylic acids is 1. The Bertz CT molecular complexity index is 1370. The predicted molar refractivity (Wildman–Crippen MR) is 156 cm³/mol. The van der Waals surface area contributed by atoms with E-state index in [9.17, 15) is 18.0 Å². The Labute approximate surface area is 246 Å². The van der Waals surface area contributed by atoms with Crippen LogP contribution in [0.1, 0.15) is 25.8 Å². The fourth-order valence-corrected chi connectivity index (χ4v) is 4.98. The molecule has 1 saturated heterocycles. The smallest absolute Gasteiger partial charge is 0.475 e. The van der Waals surface area contributed by atoms with Crippen molar-refractivity contribution in [1.82, 2.24) is 9.97 Å². The number of hydrogen-bond donors (Lipinski definition) is 2. The van der Waals surface area contributed by atoms with Crippen LogP contribution in [0.3, 0.4) is 0 Å². The average Bonchev–Trinajstić information content (AvgIpc) is 2.96. The molecule has 0 saturated carbocycles. The Balaban J connectivity index is 0.000000517. The fourth-order valence-electron chi connectivity index (χ4n) is 4.86. The quantitative estimate of drug-likeness (QED) is 0.382. The van der Waals surface area contributed by atoms with Crippen LogP contribution >= 0.6 is 11.6 Å². The second-order valence-corrected chi connectivity index (χ2v) is 10.8. The monoisotopic (exact) mass is 604 g/mol. The molecule has 3 aromatic rings. The maximum Gasteiger partial charge on any atom is 0.490 e. The lowest BCUT2D eigenvalue weighted by molar-refractivity contribution is -0.192. The summed E-state index contributed by atoms with van der Waals surface area (Å²) in [6.45, 7) is 8.11. The lowest BCUT2D eigenvalue weighted by Crippen LogP contribution is -2.50. The lowest BCUT2D eigenvalue weighted by Gasteiger charge is -2.41. The van der Waals surface area contributed by atoms with Crippen LogP contribution in [0, 0.1) is 5.92 Å². The number of carbonyl (C=O) groups is 2. The molecule has 0 spiro atoms. The number of amides is 1. The van der Waals surface area contributed by atoms with Crippen molar-refractivity contribution in [2.45, 2.75) is 39.0 Å². The van der Waals surface area contributed by atoms with E-state index in [1.807, 2.05) is 35.2 Å². The number of halogens is 4. The van der Waals surface area contributed by atoms with E-state index in [0.29, 0.717) is 17.5 Å². The molecule has 2 aromatic carbocycles. The first-order valence-corrected chi connectivity index (χ1v) is 13.8. The van der Waals surface area contributed by atoms with Gasteiger partial charge in [-0.1, -0.05) is 55.8 Å². The van der Waals surface area contributed by atoms with Crippen molar-refractivity contribution in [3.05, 3.63) is 71.5 Å². The van der Waals surface area contributed by atoms with Crippen LogP contribution in [0.5, 0.6) is 0 Å². The summed E-state index contributed by atoms with van der Waals surface area (Å²) in [5, 5.41) is 11.2. The summed E-state index contributed by atoms with van der Waals surface area (Å²) in [4.78, 5) is 38.4. The van der Waals surface area contributed by atoms with Gasteiger partial charge in [0, 0.05) is 36.9 Å². The topological polar surface area (TPSA) is 102 Å². The lowest BCUT2D eigenvalue weighted by atomic mass is 10.00. The number of carboxylic acids is 1. The van der Waals surface area contributed by atoms with E-state index in [2.05, 4.69) is 63.2 Å². The third kappa shape index (κ3) is 7.61. The fraction of sp³-hybridized carbons (Fsp3) is 0.379. The first-order valence-electron chi connectivity index (χ1n) is 13.5. The first-order chi connectivity index (χ1) is 19.9. The van der Waals surface area contributed by atoms with Gasteiger partial charge in [-0.3, -0.25) is 9.69 Å². The summed E-state index contributed by atoms with van der Waals surface area (Å²) in [6.07, 6.45) is -2.74. The van der Waals surface area contributed by atoms with E-state index in [0.717, 1.165) is 55.5 Å². The molecule has 1 unspecified atom stereocenters. The average molecular weight is 605 g/mol. The molecule has 0 radical (unpaired) electrons. The SMILES string of the molecule is CC(C)CC1Nc2ncnc(N3CCN(c4ccccc4)CC3)c2N(Cc2ccc(Cl)cc2)C1=O.O=C(O)C(F)(F)F. The van der Waals surface area contributed by atoms with E-state index in [1.165, 1.54) is 5.69 Å². The standard InChI is InChI=1S/C27H31ClN6O.C2HF3O2/c1-19(2)16-23-27(35)34(17-20-8-10-21(28)11-9-20)24-25(31-23)29-18-30-26(24)33-14-12-32(13-15-33)22-6-4-3-5-7-22;3-2(4,5)1(6)7/h3-11,18-19,23H,12-17H2,1-2H3,(H,29,30,31);(H,6,7). The number of hydrogen-bond acceptors (Lipinski definition) is 7. The minimum Gasteiger partial charge on any atom is -0.475 e. The Morgan fingerprint density at radius 2 is 1.62 bits per heavy atom. The van der Waals surface area contributed by atoms with Crippen LogP contribution in [0.2, 0.25) is 5.02 Å². The van der Waals surface area contributed by atoms with Crippen LogP contribution in [-0.2, 0) is 16.1 Å². The zero-order chi connectivity index (χ0) is 30.4. The zero-order valence-electron chi connectivity index (χ0n) is 23.2. The van der Waals surface area contributed by atoms with Gasteiger partial charge in [0.15, 0.2) is 11.6 Å². The number of aromatic nitrogens is 2. The number of rotatable bonds is 6. The molecule has 1 atom stereocenters. The molecule has 42 heavy (non-hydrogen) atoms. The number of fused-ring (bicyclic) bond motifs is 1. The molecule has 0 bridgehead atoms. The van der Waals surface area contributed by atoms with Crippen molar-refractivity contribution in [3.8, 4) is 0 Å². The summed E-state index contributed by atoms with van der Waals surface area (Å²) < 4.78 is 31.7. The molecule has 1 fully saturated rings. The maximum atomic E-state index is 13.7. The number of nitrogens with one attached hydrogen (secondary N) is 1. The molecular formula is C29H32ClF3N6O3. The zero-order valence-corrected chi connectivity index (χ0v) is 23.9. The van der Waals surface area contributed by atoms with Crippen molar-refractivity contribution < 1.29 is 27.9 Å². The highest BCUT2D eigenvalue weighted by atomic mass is 35.5. The molecule has 5 rings (SSSR count). The molecule has 2 N–H and O–H groups in total. The van der Waals surface area contributed by atoms with Crippen molar-refractivity contribution >= 4 is 46.5 Å². The van der Waals surface area contributed by atoms with E-state index < -0.39 is 12.1 Å². The number of anilines is 4. The van der Waals surface area contributed by atoms with Crippen LogP contribution < -0.4 is 20.0 Å². The van der Waals surface area contributed by atoms with Gasteiger partial charge >= 0.3 is 12.1 Å². The van der Waals surface area contributed by atoms with E-state index in [1.54, 1.807) is 6.33 Å². The van der Waals surface area contributed by atoms with Gasteiger partial charge in [-0.25, -0.2) is 14.8 Å². The van der Waals surface area contributed by atoms with Gasteiger partial charge in [0.2, 0.25) is 5.91 Å². The third-order valence-electron chi connectivity index (χ3n) is 6.85. The van der Waals surface area contributed by atoms with Gasteiger partial charge in [-0.05, 0) is 42.2 Å². The summed E-state index contributed by atoms with van der Waals surface area (Å²) in [5.74, 6) is -0.796. The highest BCUT2D eigenvalue weighted by Gasteiger charge is 2.39. The molecule has 2 aliphatic heterocycles. The second-order valence-electron chi connectivity index (χ2n) is 10.4. The summed E-state index contributed by atoms with van der Waals surface area (Å²) in [7, 11) is 0. The number of piperazine rings is 1. The minimum atomic E-state index is -5.08. The van der Waals surface area contributed by atoms with Gasteiger partial charge in [0.05, 0.1) is 6.54 Å². The molecule has 224 valence electrons. The van der Waals surface area contributed by atoms with Crippen LogP contribution in [-0.4, -0.2) is 65.3 Å². The van der Waals surface area contributed by atoms with Crippen LogP contribution in [0.4, 0.5) is 36.2 Å². The minimum absolute atomic E-state index is 0.0557. The van der Waals surface area contributed by atoms with Crippen LogP contribution in [0.25, 0.3) is 0 Å². The van der Waals surface area contributed by atoms with Crippen molar-refractivity contribution in [2.24, 2.45) is 5.92 Å². The molecule has 0 aliphatic carbocycles. The van der Waals surface area contributed by atoms with Gasteiger partial charge in [-0.2, -0.15) is 13.2 Å².